The van der Waals surface area contributed by atoms with Gasteiger partial charge in [0.1, 0.15) is 0 Å². The molecule has 0 spiro atoms. The summed E-state index contributed by atoms with van der Waals surface area (Å²) >= 11 is 1.11. The Balaban J connectivity index is 2.23. The van der Waals surface area contributed by atoms with Crippen LogP contribution in [0, 0.1) is 5.92 Å². The van der Waals surface area contributed by atoms with Gasteiger partial charge in [0, 0.05) is 12.7 Å². The fourth-order valence-electron chi connectivity index (χ4n) is 1.98. The molecule has 0 radical (unpaired) electrons. The van der Waals surface area contributed by atoms with Gasteiger partial charge in [-0.2, -0.15) is 0 Å². The van der Waals surface area contributed by atoms with Gasteiger partial charge in [-0.1, -0.05) is 26.2 Å². The van der Waals surface area contributed by atoms with Gasteiger partial charge in [-0.15, -0.1) is 0 Å². The predicted molar refractivity (Wildman–Crippen MR) is 71.4 cm³/mol. The predicted octanol–water partition coefficient (Wildman–Crippen LogP) is 3.74. The second-order valence-corrected chi connectivity index (χ2v) is 5.59. The van der Waals surface area contributed by atoms with Crippen molar-refractivity contribution < 1.29 is 19.1 Å². The third-order valence-electron chi connectivity index (χ3n) is 2.91. The van der Waals surface area contributed by atoms with Gasteiger partial charge in [0.15, 0.2) is 0 Å². The van der Waals surface area contributed by atoms with Gasteiger partial charge in [-0.05, 0) is 31.0 Å². The molecule has 5 heteroatoms. The minimum atomic E-state index is -0.781. The highest BCUT2D eigenvalue weighted by Gasteiger charge is 2.25. The molecule has 0 bridgehead atoms. The van der Waals surface area contributed by atoms with E-state index in [4.69, 9.17) is 9.47 Å². The van der Waals surface area contributed by atoms with Crippen LogP contribution in [-0.2, 0) is 14.3 Å². The van der Waals surface area contributed by atoms with E-state index in [0.717, 1.165) is 49.6 Å². The first-order valence-corrected chi connectivity index (χ1v) is 7.66. The molecule has 0 aromatic rings. The summed E-state index contributed by atoms with van der Waals surface area (Å²) in [5, 5.41) is -0.374. The highest BCUT2D eigenvalue weighted by atomic mass is 32.2. The van der Waals surface area contributed by atoms with Crippen molar-refractivity contribution >= 4 is 23.0 Å². The molecule has 1 unspecified atom stereocenters. The number of carbonyl (C=O) groups excluding carboxylic acids is 2. The summed E-state index contributed by atoms with van der Waals surface area (Å²) in [5.41, 5.74) is 0. The highest BCUT2D eigenvalue weighted by molar-refractivity contribution is 8.13. The first-order chi connectivity index (χ1) is 8.63. The fraction of sp³-hybridized carbons (Fsp3) is 0.846. The number of esters is 1. The molecular formula is C13H22O4S. The van der Waals surface area contributed by atoms with E-state index in [9.17, 15) is 9.59 Å². The molecule has 1 saturated carbocycles. The molecule has 4 nitrogen and oxygen atoms in total. The topological polar surface area (TPSA) is 52.6 Å². The fourth-order valence-corrected chi connectivity index (χ4v) is 2.55. The molecule has 0 aromatic carbocycles. The summed E-state index contributed by atoms with van der Waals surface area (Å²) in [4.78, 5) is 23.1. The highest BCUT2D eigenvalue weighted by Crippen LogP contribution is 2.25. The zero-order valence-electron chi connectivity index (χ0n) is 11.1. The number of ether oxygens (including phenoxy) is 2. The van der Waals surface area contributed by atoms with Crippen molar-refractivity contribution in [1.29, 1.82) is 0 Å². The average molecular weight is 274 g/mol. The zero-order valence-corrected chi connectivity index (χ0v) is 12.0. The molecule has 18 heavy (non-hydrogen) atoms. The lowest BCUT2D eigenvalue weighted by Gasteiger charge is -2.22. The Morgan fingerprint density at radius 2 is 1.89 bits per heavy atom. The van der Waals surface area contributed by atoms with E-state index in [2.05, 4.69) is 0 Å². The minimum Gasteiger partial charge on any atom is -0.425 e. The Morgan fingerprint density at radius 3 is 2.50 bits per heavy atom. The van der Waals surface area contributed by atoms with Crippen molar-refractivity contribution in [2.75, 3.05) is 5.75 Å². The van der Waals surface area contributed by atoms with E-state index in [1.165, 1.54) is 6.42 Å². The number of hydrogen-bond acceptors (Lipinski definition) is 5. The first kappa shape index (κ1) is 15.3. The van der Waals surface area contributed by atoms with E-state index in [-0.39, 0.29) is 17.2 Å². The van der Waals surface area contributed by atoms with Gasteiger partial charge in [-0.3, -0.25) is 4.79 Å². The molecule has 0 saturated heterocycles. The summed E-state index contributed by atoms with van der Waals surface area (Å²) in [6.07, 6.45) is 5.28. The van der Waals surface area contributed by atoms with Crippen LogP contribution in [-0.4, -0.2) is 23.3 Å². The Kier molecular flexibility index (Phi) is 7.16. The Bertz CT molecular complexity index is 274. The van der Waals surface area contributed by atoms with Gasteiger partial charge >= 0.3 is 11.3 Å². The molecule has 0 heterocycles. The smallest absolute Gasteiger partial charge is 0.370 e. The standard InChI is InChI=1S/C13H22O4S/c1-3-9-18-13(15)17-10(2)16-12(14)11-7-5-4-6-8-11/h10-11H,3-9H2,1-2H3. The first-order valence-electron chi connectivity index (χ1n) is 6.67. The SMILES string of the molecule is CCCSC(=O)OC(C)OC(=O)C1CCCCC1. The minimum absolute atomic E-state index is 0.0109. The van der Waals surface area contributed by atoms with Crippen molar-refractivity contribution in [1.82, 2.24) is 0 Å². The van der Waals surface area contributed by atoms with Crippen LogP contribution < -0.4 is 0 Å². The largest absolute Gasteiger partial charge is 0.425 e. The van der Waals surface area contributed by atoms with E-state index in [0.29, 0.717) is 0 Å². The molecule has 1 rings (SSSR count). The quantitative estimate of drug-likeness (QED) is 0.564. The van der Waals surface area contributed by atoms with E-state index < -0.39 is 6.29 Å². The monoisotopic (exact) mass is 274 g/mol. The molecule has 0 N–H and O–H groups in total. The second-order valence-electron chi connectivity index (χ2n) is 4.56. The third-order valence-corrected chi connectivity index (χ3v) is 3.85. The Morgan fingerprint density at radius 1 is 1.22 bits per heavy atom. The molecule has 1 aliphatic carbocycles. The van der Waals surface area contributed by atoms with Crippen molar-refractivity contribution in [3.8, 4) is 0 Å². The van der Waals surface area contributed by atoms with Crippen LogP contribution in [0.1, 0.15) is 52.4 Å². The van der Waals surface area contributed by atoms with Crippen LogP contribution >= 0.6 is 11.8 Å². The lowest BCUT2D eigenvalue weighted by molar-refractivity contribution is -0.169. The lowest BCUT2D eigenvalue weighted by Crippen LogP contribution is -2.26. The number of hydrogen-bond donors (Lipinski definition) is 0. The Labute approximate surface area is 113 Å². The molecule has 0 aliphatic heterocycles. The van der Waals surface area contributed by atoms with Gasteiger partial charge in [0.2, 0.25) is 6.29 Å². The molecule has 1 aliphatic rings. The maximum Gasteiger partial charge on any atom is 0.370 e. The maximum absolute atomic E-state index is 11.8. The molecule has 0 aromatic heterocycles. The Hall–Kier alpha value is -0.710. The third kappa shape index (κ3) is 5.76. The zero-order chi connectivity index (χ0) is 13.4. The van der Waals surface area contributed by atoms with Crippen molar-refractivity contribution in [3.05, 3.63) is 0 Å². The van der Waals surface area contributed by atoms with Crippen LogP contribution in [0.5, 0.6) is 0 Å². The maximum atomic E-state index is 11.8. The van der Waals surface area contributed by atoms with Crippen molar-refractivity contribution in [2.45, 2.75) is 58.7 Å². The number of thioether (sulfide) groups is 1. The van der Waals surface area contributed by atoms with Crippen molar-refractivity contribution in [3.63, 3.8) is 0 Å². The lowest BCUT2D eigenvalue weighted by atomic mass is 9.89. The normalized spacial score (nSPS) is 18.1. The van der Waals surface area contributed by atoms with Gasteiger partial charge < -0.3 is 9.47 Å². The van der Waals surface area contributed by atoms with Crippen LogP contribution in [0.3, 0.4) is 0 Å². The van der Waals surface area contributed by atoms with Crippen LogP contribution in [0.4, 0.5) is 4.79 Å². The van der Waals surface area contributed by atoms with Crippen LogP contribution in [0.2, 0.25) is 0 Å². The van der Waals surface area contributed by atoms with Crippen LogP contribution in [0.25, 0.3) is 0 Å². The number of carbonyl (C=O) groups is 2. The van der Waals surface area contributed by atoms with Gasteiger partial charge in [0.25, 0.3) is 0 Å². The van der Waals surface area contributed by atoms with Gasteiger partial charge in [0.05, 0.1) is 5.92 Å². The van der Waals surface area contributed by atoms with E-state index in [1.54, 1.807) is 6.92 Å². The van der Waals surface area contributed by atoms with Crippen molar-refractivity contribution in [2.24, 2.45) is 5.92 Å². The molecule has 0 amide bonds. The summed E-state index contributed by atoms with van der Waals surface area (Å²) in [5.74, 6) is 0.487. The summed E-state index contributed by atoms with van der Waals surface area (Å²) < 4.78 is 10.1. The summed E-state index contributed by atoms with van der Waals surface area (Å²) in [6.45, 7) is 3.58. The summed E-state index contributed by atoms with van der Waals surface area (Å²) in [7, 11) is 0. The second kappa shape index (κ2) is 8.40. The van der Waals surface area contributed by atoms with E-state index in [1.807, 2.05) is 6.92 Å². The van der Waals surface area contributed by atoms with Gasteiger partial charge in [-0.25, -0.2) is 4.79 Å². The van der Waals surface area contributed by atoms with E-state index >= 15 is 0 Å². The van der Waals surface area contributed by atoms with Crippen LogP contribution in [0.15, 0.2) is 0 Å². The molecule has 1 atom stereocenters. The molecular weight excluding hydrogens is 252 g/mol. The summed E-state index contributed by atoms with van der Waals surface area (Å²) in [6, 6.07) is 0. The molecule has 104 valence electrons. The number of rotatable bonds is 5. The average Bonchev–Trinajstić information content (AvgIpc) is 2.37. The molecule has 1 fully saturated rings.